The van der Waals surface area contributed by atoms with Crippen molar-refractivity contribution >= 4 is 34.1 Å². The summed E-state index contributed by atoms with van der Waals surface area (Å²) in [5.74, 6) is 0. The molecule has 5 rings (SSSR count). The zero-order valence-electron chi connectivity index (χ0n) is 14.2. The van der Waals surface area contributed by atoms with Crippen molar-refractivity contribution in [2.24, 2.45) is 0 Å². The molecule has 2 heteroatoms. The van der Waals surface area contributed by atoms with Crippen LogP contribution in [0.25, 0.3) is 0 Å². The average molecular weight is 333 g/mol. The van der Waals surface area contributed by atoms with Gasteiger partial charge in [0.05, 0.1) is 22.7 Å². The Labute approximate surface area is 153 Å². The Morgan fingerprint density at radius 3 is 1.50 bits per heavy atom. The van der Waals surface area contributed by atoms with Gasteiger partial charge in [-0.15, -0.1) is 0 Å². The van der Waals surface area contributed by atoms with Gasteiger partial charge in [0.25, 0.3) is 0 Å². The van der Waals surface area contributed by atoms with Gasteiger partial charge < -0.3 is 9.80 Å². The molecule has 0 N–H and O–H groups in total. The monoisotopic (exact) mass is 333 g/mol. The topological polar surface area (TPSA) is 6.48 Å². The van der Waals surface area contributed by atoms with Crippen LogP contribution in [0.1, 0.15) is 0 Å². The van der Waals surface area contributed by atoms with Crippen LogP contribution < -0.4 is 9.80 Å². The molecule has 0 unspecified atom stereocenters. The van der Waals surface area contributed by atoms with Gasteiger partial charge in [0.15, 0.2) is 0 Å². The van der Waals surface area contributed by atoms with E-state index < -0.39 is 0 Å². The highest BCUT2D eigenvalue weighted by molar-refractivity contribution is 6.01. The second-order valence-electron chi connectivity index (χ2n) is 6.25. The fourth-order valence-corrected chi connectivity index (χ4v) is 3.59. The third kappa shape index (κ3) is 2.27. The van der Waals surface area contributed by atoms with Crippen molar-refractivity contribution in [2.75, 3.05) is 9.80 Å². The number of nitrogens with zero attached hydrogens (tertiary/aromatic N) is 2. The molecule has 1 aliphatic heterocycles. The molecule has 26 heavy (non-hydrogen) atoms. The molecule has 0 spiro atoms. The van der Waals surface area contributed by atoms with E-state index >= 15 is 0 Å². The highest BCUT2D eigenvalue weighted by atomic mass is 15.3. The summed E-state index contributed by atoms with van der Waals surface area (Å²) in [6.45, 7) is 0. The number of hydrogen-bond acceptors (Lipinski definition) is 2. The zero-order chi connectivity index (χ0) is 17.3. The first-order valence-corrected chi connectivity index (χ1v) is 8.73. The molecule has 0 atom stereocenters. The minimum Gasteiger partial charge on any atom is -0.306 e. The fourth-order valence-electron chi connectivity index (χ4n) is 3.59. The van der Waals surface area contributed by atoms with Crippen molar-refractivity contribution in [1.29, 1.82) is 0 Å². The molecule has 0 saturated heterocycles. The molecule has 4 aromatic rings. The molecule has 0 aliphatic carbocycles. The molecular formula is C24H17N2. The standard InChI is InChI=1S/C24H17N2/c1-3-11-19(12-4-1)25-21-15-7-9-17-23(21)26(20-13-5-2-6-14-20)24-18-10-8-16-22(24)25/h1-9,11-18H. The maximum absolute atomic E-state index is 3.25. The Balaban J connectivity index is 1.80. The van der Waals surface area contributed by atoms with Crippen LogP contribution in [0.2, 0.25) is 0 Å². The lowest BCUT2D eigenvalue weighted by atomic mass is 10.0. The van der Waals surface area contributed by atoms with Crippen LogP contribution in [0, 0.1) is 6.07 Å². The maximum Gasteiger partial charge on any atom is 0.0709 e. The lowest BCUT2D eigenvalue weighted by Gasteiger charge is -2.40. The van der Waals surface area contributed by atoms with Crippen LogP contribution in [-0.4, -0.2) is 0 Å². The molecule has 0 bridgehead atoms. The molecule has 4 aromatic carbocycles. The number of hydrogen-bond donors (Lipinski definition) is 0. The van der Waals surface area contributed by atoms with Gasteiger partial charge in [0, 0.05) is 11.4 Å². The van der Waals surface area contributed by atoms with Gasteiger partial charge in [-0.3, -0.25) is 0 Å². The summed E-state index contributed by atoms with van der Waals surface area (Å²) >= 11 is 0. The van der Waals surface area contributed by atoms with Crippen molar-refractivity contribution in [3.8, 4) is 0 Å². The van der Waals surface area contributed by atoms with Crippen LogP contribution in [0.4, 0.5) is 34.1 Å². The first-order chi connectivity index (χ1) is 12.9. The van der Waals surface area contributed by atoms with E-state index in [0.717, 1.165) is 28.4 Å². The summed E-state index contributed by atoms with van der Waals surface area (Å²) in [6.07, 6.45) is 0. The number of anilines is 6. The molecular weight excluding hydrogens is 316 g/mol. The third-order valence-electron chi connectivity index (χ3n) is 4.69. The molecule has 123 valence electrons. The summed E-state index contributed by atoms with van der Waals surface area (Å²) in [5, 5.41) is 0. The Hall–Kier alpha value is -3.52. The van der Waals surface area contributed by atoms with Gasteiger partial charge in [-0.05, 0) is 54.6 Å². The minimum atomic E-state index is 1.13. The highest BCUT2D eigenvalue weighted by Gasteiger charge is 2.29. The summed E-state index contributed by atoms with van der Waals surface area (Å²) in [6, 6.07) is 39.0. The van der Waals surface area contributed by atoms with E-state index in [0.29, 0.717) is 0 Å². The average Bonchev–Trinajstić information content (AvgIpc) is 2.73. The van der Waals surface area contributed by atoms with Crippen molar-refractivity contribution in [2.45, 2.75) is 0 Å². The van der Waals surface area contributed by atoms with Gasteiger partial charge >= 0.3 is 0 Å². The summed E-state index contributed by atoms with van der Waals surface area (Å²) in [7, 11) is 0. The normalized spacial score (nSPS) is 12.5. The molecule has 1 aliphatic rings. The minimum absolute atomic E-state index is 1.13. The Morgan fingerprint density at radius 1 is 0.462 bits per heavy atom. The predicted octanol–water partition coefficient (Wildman–Crippen LogP) is 6.74. The van der Waals surface area contributed by atoms with Gasteiger partial charge in [-0.25, -0.2) is 0 Å². The molecule has 1 heterocycles. The van der Waals surface area contributed by atoms with Crippen LogP contribution in [0.5, 0.6) is 0 Å². The number of para-hydroxylation sites is 4. The number of benzene rings is 4. The molecule has 0 amide bonds. The first-order valence-electron chi connectivity index (χ1n) is 8.73. The Bertz CT molecular complexity index is 909. The largest absolute Gasteiger partial charge is 0.306 e. The number of rotatable bonds is 2. The molecule has 1 radical (unpaired) electrons. The van der Waals surface area contributed by atoms with Crippen LogP contribution in [-0.2, 0) is 0 Å². The van der Waals surface area contributed by atoms with Crippen molar-refractivity contribution in [1.82, 2.24) is 0 Å². The van der Waals surface area contributed by atoms with E-state index in [4.69, 9.17) is 0 Å². The first kappa shape index (κ1) is 14.8. The second-order valence-corrected chi connectivity index (χ2v) is 6.25. The predicted molar refractivity (Wildman–Crippen MR) is 108 cm³/mol. The summed E-state index contributed by atoms with van der Waals surface area (Å²) in [5.41, 5.74) is 6.91. The van der Waals surface area contributed by atoms with Crippen molar-refractivity contribution in [3.05, 3.63) is 109 Å². The van der Waals surface area contributed by atoms with Gasteiger partial charge in [0.1, 0.15) is 0 Å². The van der Waals surface area contributed by atoms with E-state index in [1.807, 2.05) is 12.1 Å². The molecule has 2 nitrogen and oxygen atoms in total. The lowest BCUT2D eigenvalue weighted by molar-refractivity contribution is 1.17. The van der Waals surface area contributed by atoms with Crippen LogP contribution in [0.3, 0.4) is 0 Å². The maximum atomic E-state index is 3.25. The van der Waals surface area contributed by atoms with E-state index in [1.54, 1.807) is 0 Å². The molecule has 0 aromatic heterocycles. The van der Waals surface area contributed by atoms with Gasteiger partial charge in [-0.1, -0.05) is 54.6 Å². The van der Waals surface area contributed by atoms with E-state index in [2.05, 4.69) is 107 Å². The van der Waals surface area contributed by atoms with Gasteiger partial charge in [-0.2, -0.15) is 0 Å². The molecule has 0 saturated carbocycles. The fraction of sp³-hybridized carbons (Fsp3) is 0. The van der Waals surface area contributed by atoms with Crippen molar-refractivity contribution in [3.63, 3.8) is 0 Å². The Kier molecular flexibility index (Phi) is 3.46. The highest BCUT2D eigenvalue weighted by Crippen LogP contribution is 2.53. The summed E-state index contributed by atoms with van der Waals surface area (Å²) < 4.78 is 0. The third-order valence-corrected chi connectivity index (χ3v) is 4.69. The lowest BCUT2D eigenvalue weighted by Crippen LogP contribution is -2.23. The molecule has 0 fully saturated rings. The van der Waals surface area contributed by atoms with Crippen LogP contribution >= 0.6 is 0 Å². The van der Waals surface area contributed by atoms with Gasteiger partial charge in [0.2, 0.25) is 0 Å². The quantitative estimate of drug-likeness (QED) is 0.353. The Morgan fingerprint density at radius 2 is 0.923 bits per heavy atom. The summed E-state index contributed by atoms with van der Waals surface area (Å²) in [4.78, 5) is 4.62. The SMILES string of the molecule is [c]1ccc2c(c1)N(c1ccccc1)c1ccccc1N2c1ccccc1. The van der Waals surface area contributed by atoms with E-state index in [9.17, 15) is 0 Å². The van der Waals surface area contributed by atoms with Crippen LogP contribution in [0.15, 0.2) is 103 Å². The van der Waals surface area contributed by atoms with E-state index in [-0.39, 0.29) is 0 Å². The zero-order valence-corrected chi connectivity index (χ0v) is 14.2. The second kappa shape index (κ2) is 6.08. The number of fused-ring (bicyclic) bond motifs is 2. The smallest absolute Gasteiger partial charge is 0.0709 e. The van der Waals surface area contributed by atoms with Crippen molar-refractivity contribution < 1.29 is 0 Å². The van der Waals surface area contributed by atoms with E-state index in [1.165, 1.54) is 5.69 Å².